The van der Waals surface area contributed by atoms with Gasteiger partial charge in [-0.1, -0.05) is 37.3 Å². The van der Waals surface area contributed by atoms with Gasteiger partial charge >= 0.3 is 0 Å². The molecule has 0 aliphatic rings. The average Bonchev–Trinajstić information content (AvgIpc) is 2.47. The van der Waals surface area contributed by atoms with Gasteiger partial charge in [0.05, 0.1) is 6.04 Å². The number of aryl methyl sites for hydroxylation is 1. The lowest BCUT2D eigenvalue weighted by molar-refractivity contribution is 0.500. The summed E-state index contributed by atoms with van der Waals surface area (Å²) < 4.78 is 27.3. The van der Waals surface area contributed by atoms with Crippen molar-refractivity contribution in [1.29, 1.82) is 0 Å². The Hall–Kier alpha value is -1.78. The van der Waals surface area contributed by atoms with E-state index < -0.39 is 11.6 Å². The molecule has 0 aliphatic carbocycles. The van der Waals surface area contributed by atoms with E-state index in [-0.39, 0.29) is 18.0 Å². The minimum absolute atomic E-state index is 0.0509. The van der Waals surface area contributed by atoms with Gasteiger partial charge in [-0.05, 0) is 36.1 Å². The van der Waals surface area contributed by atoms with Gasteiger partial charge in [0, 0.05) is 5.56 Å². The first kappa shape index (κ1) is 14.6. The summed E-state index contributed by atoms with van der Waals surface area (Å²) in [6.45, 7) is 2.07. The second-order valence-corrected chi connectivity index (χ2v) is 4.72. The van der Waals surface area contributed by atoms with Crippen molar-refractivity contribution in [2.45, 2.75) is 25.8 Å². The summed E-state index contributed by atoms with van der Waals surface area (Å²) in [4.78, 5) is 0. The van der Waals surface area contributed by atoms with E-state index in [4.69, 9.17) is 5.84 Å². The number of nitrogens with two attached hydrogens (primary N) is 1. The smallest absolute Gasteiger partial charge is 0.129 e. The van der Waals surface area contributed by atoms with E-state index in [1.54, 1.807) is 0 Å². The monoisotopic (exact) mass is 276 g/mol. The van der Waals surface area contributed by atoms with Crippen LogP contribution in [0.5, 0.6) is 0 Å². The molecule has 0 bridgehead atoms. The standard InChI is InChI=1S/C16H18F2N2/c1-2-11-6-8-12(9-7-11)16(20-19)10-13-14(17)4-3-5-15(13)18/h3-9,16,20H,2,10,19H2,1H3. The molecule has 0 aliphatic heterocycles. The first-order valence-electron chi connectivity index (χ1n) is 6.63. The number of halogens is 2. The molecule has 2 aromatic carbocycles. The Morgan fingerprint density at radius 3 is 2.15 bits per heavy atom. The van der Waals surface area contributed by atoms with Crippen molar-refractivity contribution in [3.63, 3.8) is 0 Å². The summed E-state index contributed by atoms with van der Waals surface area (Å²) in [6.07, 6.45) is 1.11. The van der Waals surface area contributed by atoms with Gasteiger partial charge in [-0.3, -0.25) is 11.3 Å². The Bertz CT molecular complexity index is 547. The Labute approximate surface area is 117 Å². The molecule has 1 unspecified atom stereocenters. The van der Waals surface area contributed by atoms with Crippen LogP contribution >= 0.6 is 0 Å². The lowest BCUT2D eigenvalue weighted by atomic mass is 9.97. The minimum atomic E-state index is -0.546. The lowest BCUT2D eigenvalue weighted by Gasteiger charge is -2.17. The van der Waals surface area contributed by atoms with Gasteiger partial charge in [0.2, 0.25) is 0 Å². The maximum absolute atomic E-state index is 13.7. The highest BCUT2D eigenvalue weighted by Gasteiger charge is 2.16. The fourth-order valence-corrected chi connectivity index (χ4v) is 2.19. The Kier molecular flexibility index (Phi) is 4.82. The normalized spacial score (nSPS) is 12.4. The molecule has 1 atom stereocenters. The molecule has 2 rings (SSSR count). The van der Waals surface area contributed by atoms with Crippen molar-refractivity contribution in [1.82, 2.24) is 5.43 Å². The molecule has 2 nitrogen and oxygen atoms in total. The number of hydrogen-bond donors (Lipinski definition) is 2. The van der Waals surface area contributed by atoms with Crippen molar-refractivity contribution >= 4 is 0 Å². The van der Waals surface area contributed by atoms with Crippen LogP contribution in [-0.2, 0) is 12.8 Å². The van der Waals surface area contributed by atoms with Crippen LogP contribution in [0, 0.1) is 11.6 Å². The summed E-state index contributed by atoms with van der Waals surface area (Å²) in [7, 11) is 0. The Balaban J connectivity index is 2.24. The first-order chi connectivity index (χ1) is 9.65. The van der Waals surface area contributed by atoms with Crippen molar-refractivity contribution < 1.29 is 8.78 Å². The molecule has 106 valence electrons. The van der Waals surface area contributed by atoms with Crippen molar-refractivity contribution in [2.24, 2.45) is 5.84 Å². The van der Waals surface area contributed by atoms with Crippen LogP contribution in [0.4, 0.5) is 8.78 Å². The summed E-state index contributed by atoms with van der Waals surface area (Å²) in [5, 5.41) is 0. The van der Waals surface area contributed by atoms with Crippen LogP contribution < -0.4 is 11.3 Å². The molecule has 20 heavy (non-hydrogen) atoms. The molecule has 0 spiro atoms. The van der Waals surface area contributed by atoms with Gasteiger partial charge in [-0.25, -0.2) is 8.78 Å². The summed E-state index contributed by atoms with van der Waals surface area (Å²) in [5.41, 5.74) is 4.80. The van der Waals surface area contributed by atoms with Gasteiger partial charge < -0.3 is 0 Å². The zero-order valence-corrected chi connectivity index (χ0v) is 11.4. The number of benzene rings is 2. The van der Waals surface area contributed by atoms with Crippen molar-refractivity contribution in [3.05, 3.63) is 70.8 Å². The summed E-state index contributed by atoms with van der Waals surface area (Å²) in [6, 6.07) is 11.4. The SMILES string of the molecule is CCc1ccc(C(Cc2c(F)cccc2F)NN)cc1. The highest BCUT2D eigenvalue weighted by Crippen LogP contribution is 2.22. The van der Waals surface area contributed by atoms with Crippen molar-refractivity contribution in [3.8, 4) is 0 Å². The average molecular weight is 276 g/mol. The van der Waals surface area contributed by atoms with E-state index in [1.165, 1.54) is 23.8 Å². The Morgan fingerprint density at radius 1 is 1.05 bits per heavy atom. The summed E-state index contributed by atoms with van der Waals surface area (Å²) >= 11 is 0. The van der Waals surface area contributed by atoms with E-state index in [1.807, 2.05) is 24.3 Å². The number of nitrogens with one attached hydrogen (secondary N) is 1. The third-order valence-electron chi connectivity index (χ3n) is 3.46. The van der Waals surface area contributed by atoms with E-state index in [2.05, 4.69) is 12.3 Å². The van der Waals surface area contributed by atoms with Crippen LogP contribution in [0.1, 0.15) is 29.7 Å². The fraction of sp³-hybridized carbons (Fsp3) is 0.250. The van der Waals surface area contributed by atoms with Crippen LogP contribution in [-0.4, -0.2) is 0 Å². The molecule has 2 aromatic rings. The fourth-order valence-electron chi connectivity index (χ4n) is 2.19. The molecule has 0 radical (unpaired) electrons. The number of rotatable bonds is 5. The molecule has 0 heterocycles. The maximum Gasteiger partial charge on any atom is 0.129 e. The topological polar surface area (TPSA) is 38.0 Å². The van der Waals surface area contributed by atoms with Crippen LogP contribution in [0.2, 0.25) is 0 Å². The quantitative estimate of drug-likeness (QED) is 0.649. The first-order valence-corrected chi connectivity index (χ1v) is 6.63. The zero-order chi connectivity index (χ0) is 14.5. The minimum Gasteiger partial charge on any atom is -0.271 e. The molecule has 3 N–H and O–H groups in total. The second kappa shape index (κ2) is 6.59. The largest absolute Gasteiger partial charge is 0.271 e. The molecule has 0 amide bonds. The highest BCUT2D eigenvalue weighted by molar-refractivity contribution is 5.28. The molecular weight excluding hydrogens is 258 g/mol. The summed E-state index contributed by atoms with van der Waals surface area (Å²) in [5.74, 6) is 4.44. The van der Waals surface area contributed by atoms with Gasteiger partial charge in [-0.15, -0.1) is 0 Å². The van der Waals surface area contributed by atoms with Crippen LogP contribution in [0.25, 0.3) is 0 Å². The second-order valence-electron chi connectivity index (χ2n) is 4.72. The van der Waals surface area contributed by atoms with Crippen molar-refractivity contribution in [2.75, 3.05) is 0 Å². The van der Waals surface area contributed by atoms with Crippen LogP contribution in [0.3, 0.4) is 0 Å². The third-order valence-corrected chi connectivity index (χ3v) is 3.46. The maximum atomic E-state index is 13.7. The zero-order valence-electron chi connectivity index (χ0n) is 11.4. The van der Waals surface area contributed by atoms with Gasteiger partial charge in [0.25, 0.3) is 0 Å². The van der Waals surface area contributed by atoms with E-state index in [0.29, 0.717) is 0 Å². The Morgan fingerprint density at radius 2 is 1.65 bits per heavy atom. The molecule has 4 heteroatoms. The van der Waals surface area contributed by atoms with Gasteiger partial charge in [0.15, 0.2) is 0 Å². The molecule has 0 aromatic heterocycles. The molecule has 0 saturated carbocycles. The van der Waals surface area contributed by atoms with E-state index >= 15 is 0 Å². The molecular formula is C16H18F2N2. The highest BCUT2D eigenvalue weighted by atomic mass is 19.1. The van der Waals surface area contributed by atoms with E-state index in [0.717, 1.165) is 12.0 Å². The number of hydrazine groups is 1. The predicted molar refractivity (Wildman–Crippen MR) is 75.9 cm³/mol. The van der Waals surface area contributed by atoms with Gasteiger partial charge in [-0.2, -0.15) is 0 Å². The molecule has 0 saturated heterocycles. The third kappa shape index (κ3) is 3.21. The lowest BCUT2D eigenvalue weighted by Crippen LogP contribution is -2.30. The van der Waals surface area contributed by atoms with Crippen LogP contribution in [0.15, 0.2) is 42.5 Å². The predicted octanol–water partition coefficient (Wildman–Crippen LogP) is 3.27. The van der Waals surface area contributed by atoms with E-state index in [9.17, 15) is 8.78 Å². The van der Waals surface area contributed by atoms with Gasteiger partial charge in [0.1, 0.15) is 11.6 Å². The number of hydrogen-bond acceptors (Lipinski definition) is 2. The molecule has 0 fully saturated rings.